The third-order valence-corrected chi connectivity index (χ3v) is 5.86. The lowest BCUT2D eigenvalue weighted by molar-refractivity contribution is -0.129. The average Bonchev–Trinajstić information content (AvgIpc) is 2.83. The quantitative estimate of drug-likeness (QED) is 0.365. The molecule has 0 spiro atoms. The molecule has 0 aliphatic carbocycles. The summed E-state index contributed by atoms with van der Waals surface area (Å²) in [6, 6.07) is 15.4. The number of benzene rings is 2. The summed E-state index contributed by atoms with van der Waals surface area (Å²) in [5, 5.41) is 15.7. The van der Waals surface area contributed by atoms with Crippen LogP contribution >= 0.6 is 0 Å². The zero-order chi connectivity index (χ0) is 27.6. The highest BCUT2D eigenvalue weighted by Gasteiger charge is 2.39. The monoisotopic (exact) mass is 509 g/mol. The third-order valence-electron chi connectivity index (χ3n) is 5.86. The molecule has 0 fully saturated rings. The number of carboxylic acid groups (broad SMARTS) is 1. The molecule has 0 radical (unpaired) electrons. The number of anilines is 1. The van der Waals surface area contributed by atoms with Crippen molar-refractivity contribution < 1.29 is 24.2 Å². The number of methoxy groups -OCH3 is 1. The Labute approximate surface area is 219 Å². The van der Waals surface area contributed by atoms with Crippen LogP contribution in [0, 0.1) is 5.92 Å². The fourth-order valence-corrected chi connectivity index (χ4v) is 4.05. The molecule has 0 unspecified atom stereocenters. The number of rotatable bonds is 11. The first-order chi connectivity index (χ1) is 17.4. The standard InChI is InChI=1S/C29H39N3O5/c1-20(2)26(32(28(35)36)29(3,4)5)27(34)31-23(13-12-21-10-8-7-9-11-21)16-19-25(33)30-22-14-17-24(37-6)18-15-22/h7-11,14-20,23,26H,12-13H2,1-6H3,(H,30,33)(H,31,34)(H,35,36)/b19-16+/t23-,26-/m0/s1. The van der Waals surface area contributed by atoms with E-state index in [-0.39, 0.29) is 11.8 Å². The van der Waals surface area contributed by atoms with E-state index in [0.717, 1.165) is 5.56 Å². The van der Waals surface area contributed by atoms with E-state index >= 15 is 0 Å². The molecule has 200 valence electrons. The molecule has 3 N–H and O–H groups in total. The smallest absolute Gasteiger partial charge is 0.408 e. The molecule has 2 atom stereocenters. The molecule has 2 rings (SSSR count). The van der Waals surface area contributed by atoms with E-state index in [1.54, 1.807) is 58.2 Å². The second-order valence-corrected chi connectivity index (χ2v) is 10.2. The van der Waals surface area contributed by atoms with Gasteiger partial charge in [-0.25, -0.2) is 4.79 Å². The van der Waals surface area contributed by atoms with Gasteiger partial charge in [-0.3, -0.25) is 14.5 Å². The minimum Gasteiger partial charge on any atom is -0.497 e. The molecule has 0 heterocycles. The van der Waals surface area contributed by atoms with E-state index in [2.05, 4.69) is 10.6 Å². The molecule has 3 amide bonds. The van der Waals surface area contributed by atoms with Crippen LogP contribution < -0.4 is 15.4 Å². The summed E-state index contributed by atoms with van der Waals surface area (Å²) in [7, 11) is 1.57. The van der Waals surface area contributed by atoms with Crippen LogP contribution in [0.3, 0.4) is 0 Å². The molecule has 8 heteroatoms. The van der Waals surface area contributed by atoms with Crippen LogP contribution in [-0.4, -0.2) is 52.6 Å². The Morgan fingerprint density at radius 2 is 1.65 bits per heavy atom. The van der Waals surface area contributed by atoms with Crippen molar-refractivity contribution >= 4 is 23.6 Å². The van der Waals surface area contributed by atoms with Crippen LogP contribution in [0.5, 0.6) is 5.75 Å². The maximum atomic E-state index is 13.4. The van der Waals surface area contributed by atoms with Gasteiger partial charge in [0.1, 0.15) is 11.8 Å². The number of carbonyl (C=O) groups excluding carboxylic acids is 2. The summed E-state index contributed by atoms with van der Waals surface area (Å²) in [6.45, 7) is 8.94. The lowest BCUT2D eigenvalue weighted by Gasteiger charge is -2.41. The number of aryl methyl sites for hydroxylation is 1. The molecule has 2 aromatic carbocycles. The van der Waals surface area contributed by atoms with Gasteiger partial charge in [0.05, 0.1) is 7.11 Å². The second kappa shape index (κ2) is 13.5. The molecule has 0 aliphatic rings. The number of hydrogen-bond donors (Lipinski definition) is 3. The molecular weight excluding hydrogens is 470 g/mol. The Morgan fingerprint density at radius 1 is 1.03 bits per heavy atom. The topological polar surface area (TPSA) is 108 Å². The van der Waals surface area contributed by atoms with Crippen LogP contribution in [0.2, 0.25) is 0 Å². The lowest BCUT2D eigenvalue weighted by atomic mass is 9.95. The highest BCUT2D eigenvalue weighted by molar-refractivity contribution is 5.99. The van der Waals surface area contributed by atoms with Gasteiger partial charge in [-0.05, 0) is 69.4 Å². The first-order valence-electron chi connectivity index (χ1n) is 12.4. The molecular formula is C29H39N3O5. The summed E-state index contributed by atoms with van der Waals surface area (Å²) in [5.74, 6) is -0.313. The van der Waals surface area contributed by atoms with Crippen molar-refractivity contribution in [1.29, 1.82) is 0 Å². The Bertz CT molecular complexity index is 1060. The highest BCUT2D eigenvalue weighted by Crippen LogP contribution is 2.23. The molecule has 0 saturated heterocycles. The number of carbonyl (C=O) groups is 3. The number of nitrogens with one attached hydrogen (secondary N) is 2. The van der Waals surface area contributed by atoms with Gasteiger partial charge in [0.2, 0.25) is 11.8 Å². The fraction of sp³-hybridized carbons (Fsp3) is 0.414. The van der Waals surface area contributed by atoms with Gasteiger partial charge in [0.15, 0.2) is 0 Å². The Balaban J connectivity index is 2.22. The van der Waals surface area contributed by atoms with Crippen LogP contribution in [0.15, 0.2) is 66.7 Å². The molecule has 37 heavy (non-hydrogen) atoms. The zero-order valence-corrected chi connectivity index (χ0v) is 22.5. The summed E-state index contributed by atoms with van der Waals surface area (Å²) in [6.07, 6.45) is 3.10. The van der Waals surface area contributed by atoms with Crippen molar-refractivity contribution in [3.63, 3.8) is 0 Å². The minimum absolute atomic E-state index is 0.257. The van der Waals surface area contributed by atoms with Crippen molar-refractivity contribution in [1.82, 2.24) is 10.2 Å². The molecule has 0 saturated carbocycles. The van der Waals surface area contributed by atoms with Gasteiger partial charge in [0, 0.05) is 23.3 Å². The summed E-state index contributed by atoms with van der Waals surface area (Å²) in [5.41, 5.74) is 0.939. The normalized spacial score (nSPS) is 13.2. The lowest BCUT2D eigenvalue weighted by Crippen LogP contribution is -2.59. The number of hydrogen-bond acceptors (Lipinski definition) is 4. The van der Waals surface area contributed by atoms with Gasteiger partial charge in [0.25, 0.3) is 0 Å². The Hall–Kier alpha value is -3.81. The zero-order valence-electron chi connectivity index (χ0n) is 22.5. The SMILES string of the molecule is COc1ccc(NC(=O)/C=C/[C@H](CCc2ccccc2)NC(=O)[C@H](C(C)C)N(C(=O)O)C(C)(C)C)cc1. The van der Waals surface area contributed by atoms with Crippen molar-refractivity contribution in [2.75, 3.05) is 12.4 Å². The third kappa shape index (κ3) is 9.29. The van der Waals surface area contributed by atoms with E-state index < -0.39 is 29.6 Å². The molecule has 0 aliphatic heterocycles. The molecule has 0 bridgehead atoms. The van der Waals surface area contributed by atoms with Gasteiger partial charge < -0.3 is 20.5 Å². The van der Waals surface area contributed by atoms with E-state index in [4.69, 9.17) is 4.74 Å². The second-order valence-electron chi connectivity index (χ2n) is 10.2. The first-order valence-corrected chi connectivity index (χ1v) is 12.4. The van der Waals surface area contributed by atoms with Crippen LogP contribution in [0.25, 0.3) is 0 Å². The molecule has 8 nitrogen and oxygen atoms in total. The summed E-state index contributed by atoms with van der Waals surface area (Å²) in [4.78, 5) is 39.3. The molecule has 2 aromatic rings. The number of nitrogens with zero attached hydrogens (tertiary/aromatic N) is 1. The van der Waals surface area contributed by atoms with Gasteiger partial charge >= 0.3 is 6.09 Å². The van der Waals surface area contributed by atoms with E-state index in [1.807, 2.05) is 44.2 Å². The minimum atomic E-state index is -1.16. The van der Waals surface area contributed by atoms with Gasteiger partial charge in [-0.15, -0.1) is 0 Å². The van der Waals surface area contributed by atoms with Crippen molar-refractivity contribution in [3.8, 4) is 5.75 Å². The van der Waals surface area contributed by atoms with E-state index in [9.17, 15) is 19.5 Å². The number of ether oxygens (including phenoxy) is 1. The predicted molar refractivity (Wildman–Crippen MR) is 146 cm³/mol. The average molecular weight is 510 g/mol. The molecule has 0 aromatic heterocycles. The summed E-state index contributed by atoms with van der Waals surface area (Å²) >= 11 is 0. The van der Waals surface area contributed by atoms with E-state index in [1.165, 1.54) is 11.0 Å². The van der Waals surface area contributed by atoms with E-state index in [0.29, 0.717) is 24.3 Å². The van der Waals surface area contributed by atoms with Crippen molar-refractivity contribution in [2.24, 2.45) is 5.92 Å². The fourth-order valence-electron chi connectivity index (χ4n) is 4.05. The maximum absolute atomic E-state index is 13.4. The van der Waals surface area contributed by atoms with Crippen molar-refractivity contribution in [3.05, 3.63) is 72.3 Å². The largest absolute Gasteiger partial charge is 0.497 e. The Kier molecular flexibility index (Phi) is 10.7. The van der Waals surface area contributed by atoms with Crippen LogP contribution in [0.4, 0.5) is 10.5 Å². The van der Waals surface area contributed by atoms with Crippen molar-refractivity contribution in [2.45, 2.75) is 65.1 Å². The van der Waals surface area contributed by atoms with Crippen LogP contribution in [0.1, 0.15) is 46.6 Å². The van der Waals surface area contributed by atoms with Crippen LogP contribution in [-0.2, 0) is 16.0 Å². The van der Waals surface area contributed by atoms with Gasteiger partial charge in [-0.2, -0.15) is 0 Å². The number of amides is 3. The van der Waals surface area contributed by atoms with Gasteiger partial charge in [-0.1, -0.05) is 50.3 Å². The summed E-state index contributed by atoms with van der Waals surface area (Å²) < 4.78 is 5.13. The Morgan fingerprint density at radius 3 is 2.16 bits per heavy atom. The predicted octanol–water partition coefficient (Wildman–Crippen LogP) is 5.11. The highest BCUT2D eigenvalue weighted by atomic mass is 16.5. The first kappa shape index (κ1) is 29.4. The maximum Gasteiger partial charge on any atom is 0.408 e.